The molecule has 4 aromatic rings. The minimum absolute atomic E-state index is 0.230. The second kappa shape index (κ2) is 9.10. The Morgan fingerprint density at radius 1 is 1.09 bits per heavy atom. The molecule has 0 aliphatic carbocycles. The molecule has 0 aliphatic rings. The third-order valence-corrected chi connectivity index (χ3v) is 6.69. The molecule has 2 aromatic heterocycles. The van der Waals surface area contributed by atoms with Gasteiger partial charge in [0.1, 0.15) is 12.4 Å². The highest BCUT2D eigenvalue weighted by Crippen LogP contribution is 2.43. The van der Waals surface area contributed by atoms with Gasteiger partial charge in [0.2, 0.25) is 0 Å². The number of aryl methyl sites for hydroxylation is 1. The number of carbonyl (C=O) groups is 1. The van der Waals surface area contributed by atoms with E-state index < -0.39 is 0 Å². The SMILES string of the molecule is COC(=O)c1ccc2c(C(C)(c3ccc(OCc4ccccn4)cc3)C(C)C)cn(C)c2c1. The average Bonchev–Trinajstić information content (AvgIpc) is 3.18. The maximum Gasteiger partial charge on any atom is 0.337 e. The number of carbonyl (C=O) groups excluding carboxylic acids is 1. The van der Waals surface area contributed by atoms with Crippen LogP contribution in [0.4, 0.5) is 0 Å². The largest absolute Gasteiger partial charge is 0.487 e. The van der Waals surface area contributed by atoms with E-state index in [1.807, 2.05) is 55.6 Å². The Morgan fingerprint density at radius 2 is 1.85 bits per heavy atom. The third-order valence-electron chi connectivity index (χ3n) is 6.69. The summed E-state index contributed by atoms with van der Waals surface area (Å²) < 4.78 is 12.9. The molecule has 1 atom stereocenters. The molecule has 4 rings (SSSR count). The number of esters is 1. The van der Waals surface area contributed by atoms with Gasteiger partial charge in [0.05, 0.1) is 18.4 Å². The van der Waals surface area contributed by atoms with Crippen LogP contribution in [0.5, 0.6) is 5.75 Å². The minimum atomic E-state index is -0.326. The van der Waals surface area contributed by atoms with E-state index in [0.717, 1.165) is 22.3 Å². The molecule has 1 unspecified atom stereocenters. The molecule has 0 saturated carbocycles. The van der Waals surface area contributed by atoms with Gasteiger partial charge in [-0.05, 0) is 53.4 Å². The molecule has 0 bridgehead atoms. The zero-order valence-corrected chi connectivity index (χ0v) is 19.8. The number of ether oxygens (including phenoxy) is 2. The predicted octanol–water partition coefficient (Wildman–Crippen LogP) is 5.90. The van der Waals surface area contributed by atoms with Gasteiger partial charge in [0, 0.05) is 35.8 Å². The van der Waals surface area contributed by atoms with Crippen molar-refractivity contribution in [2.75, 3.05) is 7.11 Å². The van der Waals surface area contributed by atoms with Gasteiger partial charge in [0.25, 0.3) is 0 Å². The van der Waals surface area contributed by atoms with Crippen LogP contribution < -0.4 is 4.74 Å². The molecule has 0 saturated heterocycles. The molecule has 0 amide bonds. The summed E-state index contributed by atoms with van der Waals surface area (Å²) in [6.07, 6.45) is 3.95. The predicted molar refractivity (Wildman–Crippen MR) is 131 cm³/mol. The molecule has 0 N–H and O–H groups in total. The smallest absolute Gasteiger partial charge is 0.337 e. The molecule has 2 heterocycles. The zero-order chi connectivity index (χ0) is 23.6. The van der Waals surface area contributed by atoms with Crippen molar-refractivity contribution in [1.29, 1.82) is 0 Å². The van der Waals surface area contributed by atoms with Crippen LogP contribution in [0.25, 0.3) is 10.9 Å². The molecule has 2 aromatic carbocycles. The van der Waals surface area contributed by atoms with Crippen LogP contribution in [0.3, 0.4) is 0 Å². The van der Waals surface area contributed by atoms with Crippen LogP contribution in [0.1, 0.15) is 48.0 Å². The summed E-state index contributed by atoms with van der Waals surface area (Å²) in [4.78, 5) is 16.3. The van der Waals surface area contributed by atoms with Gasteiger partial charge in [0.15, 0.2) is 0 Å². The first kappa shape index (κ1) is 22.6. The second-order valence-corrected chi connectivity index (χ2v) is 8.87. The van der Waals surface area contributed by atoms with Crippen molar-refractivity contribution >= 4 is 16.9 Å². The molecular weight excluding hydrogens is 412 g/mol. The van der Waals surface area contributed by atoms with Gasteiger partial charge >= 0.3 is 5.97 Å². The lowest BCUT2D eigenvalue weighted by Gasteiger charge is -2.35. The summed E-state index contributed by atoms with van der Waals surface area (Å²) in [5.74, 6) is 0.826. The maximum atomic E-state index is 12.0. The Bertz CT molecular complexity index is 1260. The van der Waals surface area contributed by atoms with Crippen molar-refractivity contribution in [3.05, 3.63) is 95.4 Å². The first-order valence-electron chi connectivity index (χ1n) is 11.2. The highest BCUT2D eigenvalue weighted by molar-refractivity contribution is 5.96. The van der Waals surface area contributed by atoms with Crippen LogP contribution in [-0.2, 0) is 23.8 Å². The number of rotatable bonds is 7. The summed E-state index contributed by atoms with van der Waals surface area (Å²) >= 11 is 0. The molecule has 170 valence electrons. The molecule has 5 nitrogen and oxygen atoms in total. The van der Waals surface area contributed by atoms with Crippen LogP contribution >= 0.6 is 0 Å². The number of fused-ring (bicyclic) bond motifs is 1. The lowest BCUT2D eigenvalue weighted by atomic mass is 9.68. The first-order valence-corrected chi connectivity index (χ1v) is 11.2. The number of methoxy groups -OCH3 is 1. The van der Waals surface area contributed by atoms with Gasteiger partial charge < -0.3 is 14.0 Å². The standard InChI is InChI=1S/C28H30N2O3/c1-19(2)28(3,21-10-12-23(13-11-21)33-18-22-8-6-7-15-29-22)25-17-30(4)26-16-20(27(31)32-5)9-14-24(25)26/h6-17,19H,18H2,1-5H3. The molecule has 5 heteroatoms. The quantitative estimate of drug-likeness (QED) is 0.334. The third kappa shape index (κ3) is 4.23. The van der Waals surface area contributed by atoms with E-state index in [-0.39, 0.29) is 11.4 Å². The fraction of sp³-hybridized carbons (Fsp3) is 0.286. The Balaban J connectivity index is 1.68. The minimum Gasteiger partial charge on any atom is -0.487 e. The van der Waals surface area contributed by atoms with E-state index in [4.69, 9.17) is 9.47 Å². The van der Waals surface area contributed by atoms with Crippen molar-refractivity contribution in [3.8, 4) is 5.75 Å². The number of benzene rings is 2. The highest BCUT2D eigenvalue weighted by Gasteiger charge is 2.35. The van der Waals surface area contributed by atoms with Crippen LogP contribution in [0.15, 0.2) is 73.1 Å². The number of pyridine rings is 1. The van der Waals surface area contributed by atoms with E-state index in [1.165, 1.54) is 18.2 Å². The van der Waals surface area contributed by atoms with Crippen molar-refractivity contribution in [3.63, 3.8) is 0 Å². The lowest BCUT2D eigenvalue weighted by Crippen LogP contribution is -2.30. The van der Waals surface area contributed by atoms with Gasteiger partial charge in [-0.15, -0.1) is 0 Å². The van der Waals surface area contributed by atoms with Crippen molar-refractivity contribution in [1.82, 2.24) is 9.55 Å². The Morgan fingerprint density at radius 3 is 2.48 bits per heavy atom. The Hall–Kier alpha value is -3.60. The molecule has 0 aliphatic heterocycles. The molecular formula is C28H30N2O3. The van der Waals surface area contributed by atoms with Gasteiger partial charge in [-0.25, -0.2) is 4.79 Å². The number of aromatic nitrogens is 2. The normalized spacial score (nSPS) is 13.2. The van der Waals surface area contributed by atoms with Crippen molar-refractivity contribution in [2.24, 2.45) is 13.0 Å². The molecule has 0 fully saturated rings. The molecule has 33 heavy (non-hydrogen) atoms. The van der Waals surface area contributed by atoms with E-state index in [9.17, 15) is 4.79 Å². The summed E-state index contributed by atoms with van der Waals surface area (Å²) in [6, 6.07) is 19.9. The number of hydrogen-bond acceptors (Lipinski definition) is 4. The maximum absolute atomic E-state index is 12.0. The van der Waals surface area contributed by atoms with Crippen molar-refractivity contribution in [2.45, 2.75) is 32.8 Å². The van der Waals surface area contributed by atoms with E-state index in [2.05, 4.69) is 48.7 Å². The molecule has 0 spiro atoms. The number of nitrogens with zero attached hydrogens (tertiary/aromatic N) is 2. The first-order chi connectivity index (χ1) is 15.8. The fourth-order valence-corrected chi connectivity index (χ4v) is 4.38. The van der Waals surface area contributed by atoms with E-state index in [0.29, 0.717) is 18.1 Å². The average molecular weight is 443 g/mol. The summed E-state index contributed by atoms with van der Waals surface area (Å²) in [6.45, 7) is 7.21. The summed E-state index contributed by atoms with van der Waals surface area (Å²) in [5, 5.41) is 1.14. The summed E-state index contributed by atoms with van der Waals surface area (Å²) in [5.41, 5.74) is 4.68. The van der Waals surface area contributed by atoms with Gasteiger partial charge in [-0.1, -0.05) is 45.0 Å². The number of hydrogen-bond donors (Lipinski definition) is 0. The Labute approximate surface area is 195 Å². The molecule has 0 radical (unpaired) electrons. The van der Waals surface area contributed by atoms with Gasteiger partial charge in [-0.2, -0.15) is 0 Å². The van der Waals surface area contributed by atoms with Crippen LogP contribution in [0.2, 0.25) is 0 Å². The van der Waals surface area contributed by atoms with E-state index >= 15 is 0 Å². The zero-order valence-electron chi connectivity index (χ0n) is 19.8. The van der Waals surface area contributed by atoms with Gasteiger partial charge in [-0.3, -0.25) is 4.98 Å². The monoisotopic (exact) mass is 442 g/mol. The topological polar surface area (TPSA) is 53.4 Å². The Kier molecular flexibility index (Phi) is 6.23. The highest BCUT2D eigenvalue weighted by atomic mass is 16.5. The lowest BCUT2D eigenvalue weighted by molar-refractivity contribution is 0.0601. The van der Waals surface area contributed by atoms with E-state index in [1.54, 1.807) is 6.20 Å². The second-order valence-electron chi connectivity index (χ2n) is 8.87. The van der Waals surface area contributed by atoms with Crippen LogP contribution in [0, 0.1) is 5.92 Å². The van der Waals surface area contributed by atoms with Crippen molar-refractivity contribution < 1.29 is 14.3 Å². The van der Waals surface area contributed by atoms with Crippen LogP contribution in [-0.4, -0.2) is 22.6 Å². The summed E-state index contributed by atoms with van der Waals surface area (Å²) in [7, 11) is 3.42. The fourth-order valence-electron chi connectivity index (χ4n) is 4.38.